The van der Waals surface area contributed by atoms with Gasteiger partial charge in [-0.3, -0.25) is 9.36 Å². The van der Waals surface area contributed by atoms with E-state index in [1.807, 2.05) is 31.2 Å². The van der Waals surface area contributed by atoms with E-state index in [-0.39, 0.29) is 25.4 Å². The van der Waals surface area contributed by atoms with E-state index >= 15 is 0 Å². The largest absolute Gasteiger partial charge is 0.490 e. The van der Waals surface area contributed by atoms with Crippen molar-refractivity contribution in [3.8, 4) is 11.5 Å². The van der Waals surface area contributed by atoms with Crippen LogP contribution in [-0.2, 0) is 19.1 Å². The fourth-order valence-electron chi connectivity index (χ4n) is 4.66. The van der Waals surface area contributed by atoms with Crippen molar-refractivity contribution in [2.45, 2.75) is 53.5 Å². The Morgan fingerprint density at radius 1 is 0.976 bits per heavy atom. The highest BCUT2D eigenvalue weighted by Crippen LogP contribution is 2.32. The Bertz CT molecular complexity index is 1670. The molecule has 0 saturated heterocycles. The van der Waals surface area contributed by atoms with Crippen molar-refractivity contribution in [3.05, 3.63) is 90.1 Å². The minimum atomic E-state index is -0.679. The van der Waals surface area contributed by atoms with Crippen molar-refractivity contribution in [1.29, 1.82) is 0 Å². The van der Waals surface area contributed by atoms with Crippen LogP contribution in [0.2, 0.25) is 0 Å². The second-order valence-corrected chi connectivity index (χ2v) is 10.9. The van der Waals surface area contributed by atoms with Crippen molar-refractivity contribution >= 4 is 29.4 Å². The van der Waals surface area contributed by atoms with Crippen LogP contribution in [0.4, 0.5) is 0 Å². The minimum Gasteiger partial charge on any atom is -0.490 e. The lowest BCUT2D eigenvalue weighted by atomic mass is 9.93. The van der Waals surface area contributed by atoms with E-state index in [1.54, 1.807) is 49.6 Å². The van der Waals surface area contributed by atoms with Gasteiger partial charge in [0, 0.05) is 0 Å². The van der Waals surface area contributed by atoms with Gasteiger partial charge in [-0.15, -0.1) is 0 Å². The third-order valence-electron chi connectivity index (χ3n) is 6.65. The number of allylic oxidation sites excluding steroid dienone is 1. The van der Waals surface area contributed by atoms with Crippen molar-refractivity contribution < 1.29 is 28.5 Å². The van der Waals surface area contributed by atoms with E-state index in [9.17, 15) is 14.4 Å². The molecule has 0 amide bonds. The van der Waals surface area contributed by atoms with E-state index in [0.29, 0.717) is 50.2 Å². The first-order valence-corrected chi connectivity index (χ1v) is 14.8. The third-order valence-corrected chi connectivity index (χ3v) is 7.64. The summed E-state index contributed by atoms with van der Waals surface area (Å²) in [6, 6.07) is 12.5. The molecule has 3 aromatic rings. The average Bonchev–Trinajstić information content (AvgIpc) is 3.26. The van der Waals surface area contributed by atoms with Crippen LogP contribution in [0.1, 0.15) is 70.2 Å². The maximum Gasteiger partial charge on any atom is 0.344 e. The van der Waals surface area contributed by atoms with Gasteiger partial charge in [0.1, 0.15) is 0 Å². The summed E-state index contributed by atoms with van der Waals surface area (Å²) in [6.45, 7) is 11.9. The zero-order valence-corrected chi connectivity index (χ0v) is 25.6. The Kier molecular flexibility index (Phi) is 10.0. The highest BCUT2D eigenvalue weighted by Gasteiger charge is 2.33. The van der Waals surface area contributed by atoms with Crippen molar-refractivity contribution in [2.75, 3.05) is 26.4 Å². The van der Waals surface area contributed by atoms with E-state index in [4.69, 9.17) is 18.9 Å². The molecule has 0 saturated carbocycles. The highest BCUT2D eigenvalue weighted by atomic mass is 32.1. The third kappa shape index (κ3) is 6.65. The Labute approximate surface area is 248 Å². The zero-order valence-electron chi connectivity index (χ0n) is 24.8. The molecule has 2 heterocycles. The molecule has 0 spiro atoms. The molecule has 0 aliphatic carbocycles. The molecule has 0 unspecified atom stereocenters. The van der Waals surface area contributed by atoms with E-state index < -0.39 is 18.0 Å². The Hall–Kier alpha value is -4.18. The summed E-state index contributed by atoms with van der Waals surface area (Å²) in [7, 11) is 0. The molecule has 10 heteroatoms. The molecule has 42 heavy (non-hydrogen) atoms. The highest BCUT2D eigenvalue weighted by molar-refractivity contribution is 7.07. The predicted molar refractivity (Wildman–Crippen MR) is 161 cm³/mol. The van der Waals surface area contributed by atoms with Crippen molar-refractivity contribution in [2.24, 2.45) is 4.99 Å². The number of hydrogen-bond acceptors (Lipinski definition) is 9. The average molecular weight is 593 g/mol. The maximum absolute atomic E-state index is 13.9. The topological polar surface area (TPSA) is 105 Å². The summed E-state index contributed by atoms with van der Waals surface area (Å²) in [4.78, 5) is 44.0. The van der Waals surface area contributed by atoms with Crippen LogP contribution in [0.25, 0.3) is 6.08 Å². The lowest BCUT2D eigenvalue weighted by molar-refractivity contribution is -0.145. The Morgan fingerprint density at radius 3 is 2.33 bits per heavy atom. The quantitative estimate of drug-likeness (QED) is 0.307. The van der Waals surface area contributed by atoms with Gasteiger partial charge in [0.05, 0.1) is 41.7 Å². The lowest BCUT2D eigenvalue weighted by Gasteiger charge is -2.25. The van der Waals surface area contributed by atoms with Crippen LogP contribution in [0.15, 0.2) is 63.5 Å². The number of fused-ring (bicyclic) bond motifs is 1. The van der Waals surface area contributed by atoms with Crippen LogP contribution >= 0.6 is 11.3 Å². The Balaban J connectivity index is 1.80. The first-order chi connectivity index (χ1) is 20.2. The fraction of sp³-hybridized carbons (Fsp3) is 0.375. The van der Waals surface area contributed by atoms with Crippen molar-refractivity contribution in [1.82, 2.24) is 4.57 Å². The molecule has 0 bridgehead atoms. The van der Waals surface area contributed by atoms with Crippen molar-refractivity contribution in [3.63, 3.8) is 0 Å². The number of esters is 2. The summed E-state index contributed by atoms with van der Waals surface area (Å²) >= 11 is 1.25. The smallest absolute Gasteiger partial charge is 0.344 e. The summed E-state index contributed by atoms with van der Waals surface area (Å²) in [5, 5.41) is 0. The fourth-order valence-corrected chi connectivity index (χ4v) is 5.71. The number of aromatic nitrogens is 1. The van der Waals surface area contributed by atoms with Gasteiger partial charge in [0.2, 0.25) is 0 Å². The number of benzene rings is 2. The van der Waals surface area contributed by atoms with Gasteiger partial charge in [-0.2, -0.15) is 0 Å². The predicted octanol–water partition coefficient (Wildman–Crippen LogP) is 4.26. The molecule has 2 aromatic carbocycles. The zero-order chi connectivity index (χ0) is 30.4. The van der Waals surface area contributed by atoms with E-state index in [2.05, 4.69) is 18.8 Å². The molecule has 1 aromatic heterocycles. The van der Waals surface area contributed by atoms with Gasteiger partial charge in [0.15, 0.2) is 22.9 Å². The second-order valence-electron chi connectivity index (χ2n) is 9.86. The molecular weight excluding hydrogens is 556 g/mol. The van der Waals surface area contributed by atoms with Crippen LogP contribution in [0.5, 0.6) is 11.5 Å². The first kappa shape index (κ1) is 30.8. The molecule has 0 fully saturated rings. The number of rotatable bonds is 11. The van der Waals surface area contributed by atoms with Gasteiger partial charge in [-0.05, 0) is 68.5 Å². The van der Waals surface area contributed by atoms with Gasteiger partial charge >= 0.3 is 11.9 Å². The van der Waals surface area contributed by atoms with Gasteiger partial charge in [-0.1, -0.05) is 55.5 Å². The van der Waals surface area contributed by atoms with Crippen LogP contribution in [-0.4, -0.2) is 42.9 Å². The van der Waals surface area contributed by atoms with Crippen LogP contribution < -0.4 is 24.4 Å². The number of thiazole rings is 1. The number of carbonyl (C=O) groups excluding carboxylic acids is 2. The van der Waals surface area contributed by atoms with Crippen LogP contribution in [0, 0.1) is 0 Å². The maximum atomic E-state index is 13.9. The molecule has 0 radical (unpaired) electrons. The molecule has 4 rings (SSSR count). The molecule has 1 aliphatic rings. The lowest BCUT2D eigenvalue weighted by Crippen LogP contribution is -2.39. The molecule has 1 atom stereocenters. The van der Waals surface area contributed by atoms with E-state index in [1.165, 1.54) is 11.3 Å². The minimum absolute atomic E-state index is 0.209. The summed E-state index contributed by atoms with van der Waals surface area (Å²) in [5.74, 6) is 0.197. The molecule has 0 N–H and O–H groups in total. The summed E-state index contributed by atoms with van der Waals surface area (Å²) < 4.78 is 23.7. The van der Waals surface area contributed by atoms with Gasteiger partial charge in [-0.25, -0.2) is 14.6 Å². The number of hydrogen-bond donors (Lipinski definition) is 0. The number of nitrogens with zero attached hydrogens (tertiary/aromatic N) is 2. The first-order valence-electron chi connectivity index (χ1n) is 14.0. The molecule has 222 valence electrons. The molecule has 1 aliphatic heterocycles. The molecule has 9 nitrogen and oxygen atoms in total. The normalized spacial score (nSPS) is 14.8. The Morgan fingerprint density at radius 2 is 1.69 bits per heavy atom. The van der Waals surface area contributed by atoms with E-state index in [0.717, 1.165) is 11.1 Å². The SMILES string of the molecule is CCOC(=O)COc1ccc(/C=c2\sc3n(c2=O)[C@H](c2ccc(C(C)C)cc2)C(C(=O)OCC)=C(C)N=3)cc1OCC. The van der Waals surface area contributed by atoms with Gasteiger partial charge < -0.3 is 18.9 Å². The second kappa shape index (κ2) is 13.7. The van der Waals surface area contributed by atoms with Gasteiger partial charge in [0.25, 0.3) is 5.56 Å². The summed E-state index contributed by atoms with van der Waals surface area (Å²) in [5.41, 5.74) is 3.24. The molecular formula is C32H36N2O7S. The number of carbonyl (C=O) groups is 2. The summed E-state index contributed by atoms with van der Waals surface area (Å²) in [6.07, 6.45) is 1.75. The van der Waals surface area contributed by atoms with Crippen LogP contribution in [0.3, 0.4) is 0 Å². The number of ether oxygens (including phenoxy) is 4. The monoisotopic (exact) mass is 592 g/mol. The standard InChI is InChI=1S/C32H36N2O7S/c1-7-38-25-16-21(10-15-24(25)41-18-27(35)39-8-2)17-26-30(36)34-29(23-13-11-22(12-14-23)19(4)5)28(31(37)40-9-3)20(6)33-32(34)42-26/h10-17,19,29H,7-9,18H2,1-6H3/b26-17-/t29-/m1/s1.